The van der Waals surface area contributed by atoms with Crippen molar-refractivity contribution >= 4 is 23.8 Å². The Morgan fingerprint density at radius 2 is 2.00 bits per heavy atom. The normalized spacial score (nSPS) is 20.9. The molecule has 1 unspecified atom stereocenters. The van der Waals surface area contributed by atoms with Crippen LogP contribution in [0.5, 0.6) is 0 Å². The standard InChI is InChI=1S/C11H19NO4S/c1-11(2,3)16-10(14)12-7-17-6-5-8(12)9(13)15-4/h8H,5-7H2,1-4H3. The van der Waals surface area contributed by atoms with Crippen molar-refractivity contribution in [1.82, 2.24) is 4.90 Å². The Bertz CT molecular complexity index is 300. The maximum absolute atomic E-state index is 11.9. The summed E-state index contributed by atoms with van der Waals surface area (Å²) >= 11 is 1.61. The third-order valence-corrected chi connectivity index (χ3v) is 3.23. The Labute approximate surface area is 106 Å². The zero-order valence-electron chi connectivity index (χ0n) is 10.7. The van der Waals surface area contributed by atoms with Crippen LogP contribution in [-0.2, 0) is 14.3 Å². The van der Waals surface area contributed by atoms with Crippen LogP contribution in [0.4, 0.5) is 4.79 Å². The molecular formula is C11H19NO4S. The van der Waals surface area contributed by atoms with Gasteiger partial charge < -0.3 is 9.47 Å². The van der Waals surface area contributed by atoms with Gasteiger partial charge in [0.1, 0.15) is 11.6 Å². The number of rotatable bonds is 1. The molecule has 1 atom stereocenters. The van der Waals surface area contributed by atoms with Crippen LogP contribution in [0, 0.1) is 0 Å². The molecule has 1 aliphatic heterocycles. The van der Waals surface area contributed by atoms with E-state index >= 15 is 0 Å². The zero-order valence-corrected chi connectivity index (χ0v) is 11.5. The van der Waals surface area contributed by atoms with Crippen molar-refractivity contribution in [1.29, 1.82) is 0 Å². The first-order valence-corrected chi connectivity index (χ1v) is 6.66. The van der Waals surface area contributed by atoms with E-state index in [1.807, 2.05) is 0 Å². The lowest BCUT2D eigenvalue weighted by atomic mass is 10.2. The molecule has 1 fully saturated rings. The average molecular weight is 261 g/mol. The van der Waals surface area contributed by atoms with Gasteiger partial charge in [-0.05, 0) is 32.9 Å². The molecule has 5 nitrogen and oxygen atoms in total. The molecule has 0 aromatic heterocycles. The summed E-state index contributed by atoms with van der Waals surface area (Å²) in [6.07, 6.45) is 0.149. The number of carbonyl (C=O) groups is 2. The fourth-order valence-corrected chi connectivity index (χ4v) is 2.49. The Morgan fingerprint density at radius 1 is 1.35 bits per heavy atom. The van der Waals surface area contributed by atoms with Crippen molar-refractivity contribution in [3.05, 3.63) is 0 Å². The molecular weight excluding hydrogens is 242 g/mol. The van der Waals surface area contributed by atoms with Crippen molar-refractivity contribution in [2.45, 2.75) is 38.8 Å². The highest BCUT2D eigenvalue weighted by atomic mass is 32.2. The molecule has 0 radical (unpaired) electrons. The van der Waals surface area contributed by atoms with Crippen LogP contribution >= 0.6 is 11.8 Å². The van der Waals surface area contributed by atoms with Crippen LogP contribution in [-0.4, -0.2) is 47.3 Å². The van der Waals surface area contributed by atoms with Gasteiger partial charge in [-0.15, -0.1) is 11.8 Å². The summed E-state index contributed by atoms with van der Waals surface area (Å²) < 4.78 is 9.97. The van der Waals surface area contributed by atoms with Gasteiger partial charge in [0, 0.05) is 0 Å². The highest BCUT2D eigenvalue weighted by Gasteiger charge is 2.35. The van der Waals surface area contributed by atoms with Gasteiger partial charge in [-0.1, -0.05) is 0 Å². The van der Waals surface area contributed by atoms with Gasteiger partial charge in [-0.2, -0.15) is 0 Å². The fourth-order valence-electron chi connectivity index (χ4n) is 1.49. The highest BCUT2D eigenvalue weighted by Crippen LogP contribution is 2.23. The number of hydrogen-bond donors (Lipinski definition) is 0. The van der Waals surface area contributed by atoms with Gasteiger partial charge in [0.2, 0.25) is 0 Å². The van der Waals surface area contributed by atoms with Crippen LogP contribution in [0.2, 0.25) is 0 Å². The van der Waals surface area contributed by atoms with Gasteiger partial charge in [-0.25, -0.2) is 9.59 Å². The molecule has 0 spiro atoms. The summed E-state index contributed by atoms with van der Waals surface area (Å²) in [6, 6.07) is -0.518. The van der Waals surface area contributed by atoms with E-state index in [2.05, 4.69) is 0 Å². The van der Waals surface area contributed by atoms with Crippen LogP contribution in [0.3, 0.4) is 0 Å². The molecule has 0 aromatic rings. The first-order chi connectivity index (χ1) is 7.85. The van der Waals surface area contributed by atoms with Crippen LogP contribution in [0.15, 0.2) is 0 Å². The topological polar surface area (TPSA) is 55.8 Å². The van der Waals surface area contributed by atoms with E-state index in [1.54, 1.807) is 32.5 Å². The lowest BCUT2D eigenvalue weighted by molar-refractivity contribution is -0.146. The van der Waals surface area contributed by atoms with Gasteiger partial charge in [0.05, 0.1) is 13.0 Å². The number of amides is 1. The summed E-state index contributed by atoms with van der Waals surface area (Å²) in [5, 5.41) is 0. The number of hydrogen-bond acceptors (Lipinski definition) is 5. The van der Waals surface area contributed by atoms with E-state index in [0.717, 1.165) is 5.75 Å². The molecule has 1 heterocycles. The largest absolute Gasteiger partial charge is 0.467 e. The molecule has 6 heteroatoms. The molecule has 1 rings (SSSR count). The third kappa shape index (κ3) is 4.11. The Balaban J connectivity index is 2.71. The van der Waals surface area contributed by atoms with E-state index in [0.29, 0.717) is 12.3 Å². The number of thioether (sulfide) groups is 1. The van der Waals surface area contributed by atoms with E-state index in [4.69, 9.17) is 9.47 Å². The molecule has 17 heavy (non-hydrogen) atoms. The smallest absolute Gasteiger partial charge is 0.411 e. The molecule has 0 aliphatic carbocycles. The molecule has 1 saturated heterocycles. The summed E-state index contributed by atoms with van der Waals surface area (Å²) in [6.45, 7) is 5.40. The summed E-state index contributed by atoms with van der Waals surface area (Å²) in [5.41, 5.74) is -0.556. The molecule has 98 valence electrons. The van der Waals surface area contributed by atoms with Gasteiger partial charge in [-0.3, -0.25) is 4.90 Å². The number of ether oxygens (including phenoxy) is 2. The lowest BCUT2D eigenvalue weighted by Gasteiger charge is -2.34. The quantitative estimate of drug-likeness (QED) is 0.674. The minimum atomic E-state index is -0.556. The van der Waals surface area contributed by atoms with Crippen LogP contribution in [0.1, 0.15) is 27.2 Å². The zero-order chi connectivity index (χ0) is 13.1. The van der Waals surface area contributed by atoms with Crippen molar-refractivity contribution < 1.29 is 19.1 Å². The fraction of sp³-hybridized carbons (Fsp3) is 0.818. The number of esters is 1. The number of methoxy groups -OCH3 is 1. The lowest BCUT2D eigenvalue weighted by Crippen LogP contribution is -2.49. The van der Waals surface area contributed by atoms with Crippen molar-refractivity contribution in [2.75, 3.05) is 18.7 Å². The SMILES string of the molecule is COC(=O)C1CCSCN1C(=O)OC(C)(C)C. The molecule has 0 N–H and O–H groups in total. The minimum absolute atomic E-state index is 0.379. The van der Waals surface area contributed by atoms with Gasteiger partial charge >= 0.3 is 12.1 Å². The first-order valence-electron chi connectivity index (χ1n) is 5.50. The maximum Gasteiger partial charge on any atom is 0.411 e. The highest BCUT2D eigenvalue weighted by molar-refractivity contribution is 7.99. The number of nitrogens with zero attached hydrogens (tertiary/aromatic N) is 1. The van der Waals surface area contributed by atoms with Crippen LogP contribution in [0.25, 0.3) is 0 Å². The van der Waals surface area contributed by atoms with Crippen molar-refractivity contribution in [3.8, 4) is 0 Å². The Kier molecular flexibility index (Phi) is 4.68. The van der Waals surface area contributed by atoms with Crippen molar-refractivity contribution in [3.63, 3.8) is 0 Å². The summed E-state index contributed by atoms with van der Waals surface area (Å²) in [5.74, 6) is 0.935. The van der Waals surface area contributed by atoms with Gasteiger partial charge in [0.15, 0.2) is 0 Å². The predicted octanol–water partition coefficient (Wildman–Crippen LogP) is 1.86. The van der Waals surface area contributed by atoms with Gasteiger partial charge in [0.25, 0.3) is 0 Å². The molecule has 0 aromatic carbocycles. The third-order valence-electron chi connectivity index (χ3n) is 2.24. The van der Waals surface area contributed by atoms with E-state index in [1.165, 1.54) is 12.0 Å². The second-order valence-corrected chi connectivity index (χ2v) is 5.89. The first kappa shape index (κ1) is 14.2. The molecule has 0 saturated carbocycles. The summed E-state index contributed by atoms with van der Waals surface area (Å²) in [7, 11) is 1.33. The van der Waals surface area contributed by atoms with Crippen LogP contribution < -0.4 is 0 Å². The van der Waals surface area contributed by atoms with E-state index < -0.39 is 17.7 Å². The van der Waals surface area contributed by atoms with E-state index in [-0.39, 0.29) is 5.97 Å². The molecule has 1 amide bonds. The van der Waals surface area contributed by atoms with Crippen molar-refractivity contribution in [2.24, 2.45) is 0 Å². The number of carbonyl (C=O) groups excluding carboxylic acids is 2. The Morgan fingerprint density at radius 3 is 2.53 bits per heavy atom. The molecule has 1 aliphatic rings. The minimum Gasteiger partial charge on any atom is -0.467 e. The predicted molar refractivity (Wildman–Crippen MR) is 65.8 cm³/mol. The monoisotopic (exact) mass is 261 g/mol. The maximum atomic E-state index is 11.9. The second kappa shape index (κ2) is 5.62. The summed E-state index contributed by atoms with van der Waals surface area (Å²) in [4.78, 5) is 24.9. The van der Waals surface area contributed by atoms with E-state index in [9.17, 15) is 9.59 Å². The second-order valence-electron chi connectivity index (χ2n) is 4.82. The Hall–Kier alpha value is -0.910. The average Bonchev–Trinajstić information content (AvgIpc) is 2.25. The molecule has 0 bridgehead atoms.